The lowest BCUT2D eigenvalue weighted by atomic mass is 9.71. The first-order chi connectivity index (χ1) is 9.60. The molecule has 1 saturated carbocycles. The minimum atomic E-state index is -0.428. The Morgan fingerprint density at radius 1 is 1.35 bits per heavy atom. The summed E-state index contributed by atoms with van der Waals surface area (Å²) in [6, 6.07) is 2.04. The zero-order valence-corrected chi connectivity index (χ0v) is 12.4. The van der Waals surface area contributed by atoms with Crippen molar-refractivity contribution in [2.75, 3.05) is 30.4 Å². The second kappa shape index (κ2) is 5.20. The lowest BCUT2D eigenvalue weighted by Crippen LogP contribution is -2.53. The zero-order valence-electron chi connectivity index (χ0n) is 12.4. The van der Waals surface area contributed by atoms with Gasteiger partial charge in [0, 0.05) is 37.8 Å². The molecule has 1 saturated heterocycles. The van der Waals surface area contributed by atoms with Gasteiger partial charge in [0.1, 0.15) is 5.82 Å². The van der Waals surface area contributed by atoms with Crippen LogP contribution in [0, 0.1) is 12.8 Å². The van der Waals surface area contributed by atoms with Gasteiger partial charge in [-0.2, -0.15) is 4.98 Å². The number of fused-ring (bicyclic) bond motifs is 1. The van der Waals surface area contributed by atoms with Gasteiger partial charge >= 0.3 is 0 Å². The summed E-state index contributed by atoms with van der Waals surface area (Å²) in [5.41, 5.74) is 0.548. The third-order valence-electron chi connectivity index (χ3n) is 4.82. The first-order valence-electron chi connectivity index (χ1n) is 7.61. The molecule has 0 amide bonds. The highest BCUT2D eigenvalue weighted by molar-refractivity contribution is 5.45. The van der Waals surface area contributed by atoms with E-state index in [9.17, 15) is 5.11 Å². The van der Waals surface area contributed by atoms with E-state index in [-0.39, 0.29) is 0 Å². The molecule has 2 fully saturated rings. The number of aryl methyl sites for hydroxylation is 1. The Morgan fingerprint density at radius 2 is 2.20 bits per heavy atom. The number of piperidine rings is 1. The highest BCUT2D eigenvalue weighted by atomic mass is 16.3. The Labute approximate surface area is 120 Å². The van der Waals surface area contributed by atoms with Crippen LogP contribution < -0.4 is 10.2 Å². The van der Waals surface area contributed by atoms with Crippen LogP contribution in [-0.4, -0.2) is 40.8 Å². The monoisotopic (exact) mass is 276 g/mol. The van der Waals surface area contributed by atoms with Crippen molar-refractivity contribution in [2.24, 2.45) is 5.92 Å². The summed E-state index contributed by atoms with van der Waals surface area (Å²) < 4.78 is 0. The quantitative estimate of drug-likeness (QED) is 0.864. The fraction of sp³-hybridized carbons (Fsp3) is 0.733. The molecule has 0 radical (unpaired) electrons. The molecule has 5 nitrogen and oxygen atoms in total. The molecule has 20 heavy (non-hydrogen) atoms. The number of nitrogens with zero attached hydrogens (tertiary/aromatic N) is 3. The van der Waals surface area contributed by atoms with Crippen molar-refractivity contribution in [3.05, 3.63) is 11.8 Å². The van der Waals surface area contributed by atoms with Crippen LogP contribution >= 0.6 is 0 Å². The second-order valence-corrected chi connectivity index (χ2v) is 6.18. The van der Waals surface area contributed by atoms with Crippen molar-refractivity contribution in [3.63, 3.8) is 0 Å². The highest BCUT2D eigenvalue weighted by Gasteiger charge is 2.43. The normalized spacial score (nSPS) is 29.9. The van der Waals surface area contributed by atoms with E-state index in [2.05, 4.69) is 20.2 Å². The minimum Gasteiger partial charge on any atom is -0.389 e. The van der Waals surface area contributed by atoms with Crippen molar-refractivity contribution in [1.29, 1.82) is 0 Å². The summed E-state index contributed by atoms with van der Waals surface area (Å²) in [6.07, 6.45) is 5.37. The molecule has 0 bridgehead atoms. The van der Waals surface area contributed by atoms with Crippen LogP contribution in [-0.2, 0) is 0 Å². The lowest BCUT2D eigenvalue weighted by molar-refractivity contribution is -0.0613. The molecular weight excluding hydrogens is 252 g/mol. The predicted molar refractivity (Wildman–Crippen MR) is 80.1 cm³/mol. The third kappa shape index (κ3) is 2.46. The number of rotatable bonds is 2. The molecule has 0 aromatic carbocycles. The maximum Gasteiger partial charge on any atom is 0.224 e. The molecule has 1 aliphatic carbocycles. The van der Waals surface area contributed by atoms with Gasteiger partial charge in [-0.1, -0.05) is 12.8 Å². The molecule has 0 spiro atoms. The molecule has 5 heteroatoms. The summed E-state index contributed by atoms with van der Waals surface area (Å²) in [5.74, 6) is 2.04. The van der Waals surface area contributed by atoms with Crippen LogP contribution in [0.4, 0.5) is 11.8 Å². The Balaban J connectivity index is 1.80. The molecule has 1 aromatic rings. The maximum absolute atomic E-state index is 10.7. The Bertz CT molecular complexity index is 493. The third-order valence-corrected chi connectivity index (χ3v) is 4.82. The van der Waals surface area contributed by atoms with Crippen LogP contribution in [0.15, 0.2) is 6.07 Å². The minimum absolute atomic E-state index is 0.387. The van der Waals surface area contributed by atoms with Gasteiger partial charge in [-0.15, -0.1) is 0 Å². The van der Waals surface area contributed by atoms with E-state index >= 15 is 0 Å². The second-order valence-electron chi connectivity index (χ2n) is 6.18. The van der Waals surface area contributed by atoms with Gasteiger partial charge in [0.15, 0.2) is 0 Å². The molecule has 110 valence electrons. The van der Waals surface area contributed by atoms with Crippen LogP contribution in [0.1, 0.15) is 37.8 Å². The van der Waals surface area contributed by atoms with Crippen molar-refractivity contribution in [1.82, 2.24) is 9.97 Å². The van der Waals surface area contributed by atoms with E-state index in [1.54, 1.807) is 0 Å². The number of aliphatic hydroxyl groups is 1. The molecule has 2 unspecified atom stereocenters. The van der Waals surface area contributed by atoms with Gasteiger partial charge in [0.2, 0.25) is 5.95 Å². The van der Waals surface area contributed by atoms with E-state index in [1.807, 2.05) is 20.0 Å². The fourth-order valence-corrected chi connectivity index (χ4v) is 3.60. The molecule has 1 aliphatic heterocycles. The molecular formula is C15H24N4O. The topological polar surface area (TPSA) is 61.3 Å². The summed E-state index contributed by atoms with van der Waals surface area (Å²) in [4.78, 5) is 11.2. The Kier molecular flexibility index (Phi) is 3.54. The average Bonchev–Trinajstić information content (AvgIpc) is 2.45. The van der Waals surface area contributed by atoms with E-state index in [0.29, 0.717) is 11.9 Å². The fourth-order valence-electron chi connectivity index (χ4n) is 3.60. The van der Waals surface area contributed by atoms with Crippen LogP contribution in [0.25, 0.3) is 0 Å². The summed E-state index contributed by atoms with van der Waals surface area (Å²) in [6.45, 7) is 3.79. The number of hydrogen-bond donors (Lipinski definition) is 2. The lowest BCUT2D eigenvalue weighted by Gasteiger charge is -2.47. The predicted octanol–water partition coefficient (Wildman–Crippen LogP) is 1.96. The Morgan fingerprint density at radius 3 is 3.00 bits per heavy atom. The largest absolute Gasteiger partial charge is 0.389 e. The SMILES string of the molecule is CNc1nc(C)cc(N2CCC3(O)CCCCC3C2)n1. The first-order valence-corrected chi connectivity index (χ1v) is 7.61. The summed E-state index contributed by atoms with van der Waals surface area (Å²) in [7, 11) is 1.84. The highest BCUT2D eigenvalue weighted by Crippen LogP contribution is 2.40. The number of hydrogen-bond acceptors (Lipinski definition) is 5. The number of aromatic nitrogens is 2. The Hall–Kier alpha value is -1.36. The van der Waals surface area contributed by atoms with Crippen molar-refractivity contribution >= 4 is 11.8 Å². The van der Waals surface area contributed by atoms with E-state index < -0.39 is 5.60 Å². The van der Waals surface area contributed by atoms with Gasteiger partial charge in [0.25, 0.3) is 0 Å². The van der Waals surface area contributed by atoms with Crippen molar-refractivity contribution in [2.45, 2.75) is 44.6 Å². The molecule has 2 aliphatic rings. The van der Waals surface area contributed by atoms with Crippen molar-refractivity contribution < 1.29 is 5.11 Å². The smallest absolute Gasteiger partial charge is 0.224 e. The van der Waals surface area contributed by atoms with Crippen LogP contribution in [0.3, 0.4) is 0 Å². The van der Waals surface area contributed by atoms with Crippen molar-refractivity contribution in [3.8, 4) is 0 Å². The standard InChI is InChI=1S/C15H24N4O/c1-11-9-13(18-14(16-2)17-11)19-8-7-15(20)6-4-3-5-12(15)10-19/h9,12,20H,3-8,10H2,1-2H3,(H,16,17,18). The van der Waals surface area contributed by atoms with Crippen LogP contribution in [0.5, 0.6) is 0 Å². The first kappa shape index (κ1) is 13.6. The summed E-state index contributed by atoms with van der Waals surface area (Å²) in [5, 5.41) is 13.8. The van der Waals surface area contributed by atoms with Gasteiger partial charge in [-0.25, -0.2) is 4.98 Å². The van der Waals surface area contributed by atoms with Gasteiger partial charge in [-0.3, -0.25) is 0 Å². The number of anilines is 2. The molecule has 2 heterocycles. The van der Waals surface area contributed by atoms with Crippen LogP contribution in [0.2, 0.25) is 0 Å². The van der Waals surface area contributed by atoms with E-state index in [0.717, 1.165) is 43.9 Å². The molecule has 1 aromatic heterocycles. The van der Waals surface area contributed by atoms with Gasteiger partial charge in [-0.05, 0) is 26.2 Å². The van der Waals surface area contributed by atoms with E-state index in [1.165, 1.54) is 12.8 Å². The molecule has 2 atom stereocenters. The molecule has 3 rings (SSSR count). The maximum atomic E-state index is 10.7. The summed E-state index contributed by atoms with van der Waals surface area (Å²) >= 11 is 0. The van der Waals surface area contributed by atoms with E-state index in [4.69, 9.17) is 0 Å². The number of nitrogens with one attached hydrogen (secondary N) is 1. The van der Waals surface area contributed by atoms with Gasteiger partial charge < -0.3 is 15.3 Å². The average molecular weight is 276 g/mol. The zero-order chi connectivity index (χ0) is 14.2. The molecule has 2 N–H and O–H groups in total. The van der Waals surface area contributed by atoms with Gasteiger partial charge in [0.05, 0.1) is 5.60 Å².